The molecule has 0 fully saturated rings. The van der Waals surface area contributed by atoms with Gasteiger partial charge in [0, 0.05) is 32.9 Å². The minimum atomic E-state index is 0.840. The van der Waals surface area contributed by atoms with Crippen molar-refractivity contribution >= 4 is 60.9 Å². The van der Waals surface area contributed by atoms with Crippen LogP contribution in [0.4, 0.5) is 17.1 Å². The van der Waals surface area contributed by atoms with Gasteiger partial charge in [0.15, 0.2) is 5.58 Å². The number of para-hydroxylation sites is 2. The van der Waals surface area contributed by atoms with Gasteiger partial charge in [-0.25, -0.2) is 0 Å². The van der Waals surface area contributed by atoms with Crippen molar-refractivity contribution in [2.24, 2.45) is 0 Å². The number of hydrogen-bond acceptors (Lipinski definition) is 3. The van der Waals surface area contributed by atoms with E-state index in [-0.39, 0.29) is 0 Å². The molecule has 3 nitrogen and oxygen atoms in total. The Morgan fingerprint density at radius 2 is 0.719 bits per heavy atom. The van der Waals surface area contributed by atoms with Crippen molar-refractivity contribution in [3.63, 3.8) is 0 Å². The zero-order valence-corrected chi connectivity index (χ0v) is 31.0. The van der Waals surface area contributed by atoms with Gasteiger partial charge in [-0.15, -0.1) is 0 Å². The van der Waals surface area contributed by atoms with Crippen LogP contribution in [0.5, 0.6) is 0 Å². The first-order valence-corrected chi connectivity index (χ1v) is 19.3. The fourth-order valence-corrected chi connectivity index (χ4v) is 8.37. The molecule has 2 aromatic heterocycles. The zero-order chi connectivity index (χ0) is 37.7. The topological polar surface area (TPSA) is 29.5 Å². The fourth-order valence-electron chi connectivity index (χ4n) is 8.37. The standard InChI is InChI=1S/C54H35NO2/c1-3-12-36(13-4-1)38-26-30-42(31-27-38)55(43-32-28-39(29-33-43)37-14-5-2-6-15-37)48-35-34-45(53-47-17-8-10-20-50(47)57-54(48)53)41-24-22-40(23-25-41)44-18-11-21-51-52(44)46-16-7-9-19-49(46)56-51/h1-35H. The van der Waals surface area contributed by atoms with Gasteiger partial charge in [-0.3, -0.25) is 0 Å². The number of fused-ring (bicyclic) bond motifs is 6. The number of benzene rings is 9. The molecular formula is C54H35NO2. The summed E-state index contributed by atoms with van der Waals surface area (Å²) in [7, 11) is 0. The molecular weight excluding hydrogens is 695 g/mol. The molecule has 0 saturated carbocycles. The molecule has 0 amide bonds. The summed E-state index contributed by atoms with van der Waals surface area (Å²) in [5.74, 6) is 0. The second-order valence-corrected chi connectivity index (χ2v) is 14.5. The van der Waals surface area contributed by atoms with Crippen LogP contribution in [0.1, 0.15) is 0 Å². The molecule has 0 spiro atoms. The monoisotopic (exact) mass is 729 g/mol. The van der Waals surface area contributed by atoms with Crippen molar-refractivity contribution in [1.29, 1.82) is 0 Å². The molecule has 0 saturated heterocycles. The van der Waals surface area contributed by atoms with E-state index in [9.17, 15) is 0 Å². The summed E-state index contributed by atoms with van der Waals surface area (Å²) in [6.45, 7) is 0. The van der Waals surface area contributed by atoms with Crippen LogP contribution in [0.3, 0.4) is 0 Å². The molecule has 11 rings (SSSR count). The first kappa shape index (κ1) is 32.8. The molecule has 3 heteroatoms. The van der Waals surface area contributed by atoms with Crippen LogP contribution < -0.4 is 4.90 Å². The van der Waals surface area contributed by atoms with Crippen LogP contribution in [-0.2, 0) is 0 Å². The van der Waals surface area contributed by atoms with Crippen LogP contribution >= 0.6 is 0 Å². The van der Waals surface area contributed by atoms with Crippen LogP contribution in [-0.4, -0.2) is 0 Å². The molecule has 0 aliphatic carbocycles. The van der Waals surface area contributed by atoms with Gasteiger partial charge in [0.2, 0.25) is 0 Å². The van der Waals surface area contributed by atoms with Gasteiger partial charge in [-0.1, -0.05) is 164 Å². The summed E-state index contributed by atoms with van der Waals surface area (Å²) in [5.41, 5.74) is 15.8. The van der Waals surface area contributed by atoms with E-state index in [1.165, 1.54) is 22.3 Å². The van der Waals surface area contributed by atoms with Crippen LogP contribution in [0, 0.1) is 0 Å². The lowest BCUT2D eigenvalue weighted by molar-refractivity contribution is 0.668. The van der Waals surface area contributed by atoms with Gasteiger partial charge < -0.3 is 13.7 Å². The normalized spacial score (nSPS) is 11.5. The maximum Gasteiger partial charge on any atom is 0.160 e. The third kappa shape index (κ3) is 5.68. The maximum absolute atomic E-state index is 6.88. The lowest BCUT2D eigenvalue weighted by atomic mass is 9.94. The van der Waals surface area contributed by atoms with Crippen molar-refractivity contribution in [2.75, 3.05) is 4.90 Å². The lowest BCUT2D eigenvalue weighted by Gasteiger charge is -2.26. The van der Waals surface area contributed by atoms with Crippen molar-refractivity contribution < 1.29 is 8.83 Å². The Labute approximate surface area is 330 Å². The van der Waals surface area contributed by atoms with E-state index < -0.39 is 0 Å². The minimum Gasteiger partial charge on any atom is -0.456 e. The molecule has 0 aliphatic rings. The number of hydrogen-bond donors (Lipinski definition) is 0. The molecule has 0 aliphatic heterocycles. The van der Waals surface area contributed by atoms with E-state index in [1.807, 2.05) is 24.3 Å². The van der Waals surface area contributed by atoms with Gasteiger partial charge in [0.1, 0.15) is 16.7 Å². The predicted octanol–water partition coefficient (Wildman–Crippen LogP) is 15.6. The Morgan fingerprint density at radius 1 is 0.281 bits per heavy atom. The molecule has 11 aromatic rings. The number of rotatable bonds is 7. The molecule has 0 radical (unpaired) electrons. The zero-order valence-electron chi connectivity index (χ0n) is 31.0. The van der Waals surface area contributed by atoms with Crippen molar-refractivity contribution in [3.8, 4) is 44.5 Å². The Hall–Kier alpha value is -7.62. The highest BCUT2D eigenvalue weighted by molar-refractivity contribution is 6.17. The number of furan rings is 2. The van der Waals surface area contributed by atoms with Crippen molar-refractivity contribution in [2.45, 2.75) is 0 Å². The average Bonchev–Trinajstić information content (AvgIpc) is 3.87. The summed E-state index contributed by atoms with van der Waals surface area (Å²) in [6.07, 6.45) is 0. The maximum atomic E-state index is 6.88. The summed E-state index contributed by atoms with van der Waals surface area (Å²) < 4.78 is 13.1. The molecule has 57 heavy (non-hydrogen) atoms. The fraction of sp³-hybridized carbons (Fsp3) is 0. The SMILES string of the molecule is c1ccc(-c2ccc(N(c3ccc(-c4ccccc4)cc3)c3ccc(-c4ccc(-c5cccc6oc7ccccc7c56)cc4)c4c3oc3ccccc34)cc2)cc1. The summed E-state index contributed by atoms with van der Waals surface area (Å²) >= 11 is 0. The largest absolute Gasteiger partial charge is 0.456 e. The predicted molar refractivity (Wildman–Crippen MR) is 237 cm³/mol. The second-order valence-electron chi connectivity index (χ2n) is 14.5. The van der Waals surface area contributed by atoms with E-state index in [2.05, 4.69) is 193 Å². The minimum absolute atomic E-state index is 0.840. The molecule has 0 N–H and O–H groups in total. The van der Waals surface area contributed by atoms with Crippen LogP contribution in [0.2, 0.25) is 0 Å². The van der Waals surface area contributed by atoms with Crippen molar-refractivity contribution in [3.05, 3.63) is 212 Å². The highest BCUT2D eigenvalue weighted by Gasteiger charge is 2.23. The molecule has 0 bridgehead atoms. The summed E-state index contributed by atoms with van der Waals surface area (Å²) in [4.78, 5) is 2.32. The van der Waals surface area contributed by atoms with Crippen molar-refractivity contribution in [1.82, 2.24) is 0 Å². The summed E-state index contributed by atoms with van der Waals surface area (Å²) in [6, 6.07) is 75.0. The third-order valence-electron chi connectivity index (χ3n) is 11.1. The smallest absolute Gasteiger partial charge is 0.160 e. The third-order valence-corrected chi connectivity index (χ3v) is 11.1. The lowest BCUT2D eigenvalue weighted by Crippen LogP contribution is -2.10. The van der Waals surface area contributed by atoms with E-state index in [0.717, 1.165) is 83.2 Å². The molecule has 0 unspecified atom stereocenters. The van der Waals surface area contributed by atoms with Gasteiger partial charge >= 0.3 is 0 Å². The van der Waals surface area contributed by atoms with Gasteiger partial charge in [-0.05, 0) is 93.0 Å². The Kier molecular flexibility index (Phi) is 7.82. The first-order valence-electron chi connectivity index (χ1n) is 19.3. The first-order chi connectivity index (χ1) is 28.3. The van der Waals surface area contributed by atoms with E-state index in [4.69, 9.17) is 8.83 Å². The van der Waals surface area contributed by atoms with E-state index in [1.54, 1.807) is 0 Å². The molecule has 268 valence electrons. The van der Waals surface area contributed by atoms with Crippen LogP contribution in [0.25, 0.3) is 88.4 Å². The molecule has 9 aromatic carbocycles. The average molecular weight is 730 g/mol. The Morgan fingerprint density at radius 3 is 1.30 bits per heavy atom. The highest BCUT2D eigenvalue weighted by Crippen LogP contribution is 2.47. The second kappa shape index (κ2) is 13.6. The summed E-state index contributed by atoms with van der Waals surface area (Å²) in [5, 5.41) is 4.44. The van der Waals surface area contributed by atoms with Gasteiger partial charge in [0.05, 0.1) is 5.69 Å². The van der Waals surface area contributed by atoms with Crippen LogP contribution in [0.15, 0.2) is 221 Å². The van der Waals surface area contributed by atoms with E-state index >= 15 is 0 Å². The highest BCUT2D eigenvalue weighted by atomic mass is 16.3. The Bertz CT molecular complexity index is 3110. The van der Waals surface area contributed by atoms with E-state index in [0.29, 0.717) is 0 Å². The Balaban J connectivity index is 1.06. The quantitative estimate of drug-likeness (QED) is 0.164. The number of nitrogens with zero attached hydrogens (tertiary/aromatic N) is 1. The van der Waals surface area contributed by atoms with Gasteiger partial charge in [0.25, 0.3) is 0 Å². The number of anilines is 3. The molecule has 0 atom stereocenters. The molecule has 2 heterocycles. The van der Waals surface area contributed by atoms with Gasteiger partial charge in [-0.2, -0.15) is 0 Å².